The predicted molar refractivity (Wildman–Crippen MR) is 87.4 cm³/mol. The van der Waals surface area contributed by atoms with Crippen LogP contribution < -0.4 is 4.74 Å². The molecular formula is C18H24FNO4. The molecule has 1 N–H and O–H groups in total. The van der Waals surface area contributed by atoms with Gasteiger partial charge < -0.3 is 14.7 Å². The first-order valence-electron chi connectivity index (χ1n) is 8.46. The Labute approximate surface area is 141 Å². The zero-order chi connectivity index (χ0) is 17.4. The molecule has 1 heterocycles. The lowest BCUT2D eigenvalue weighted by Crippen LogP contribution is -2.44. The summed E-state index contributed by atoms with van der Waals surface area (Å²) in [6.45, 7) is 1.05. The maximum absolute atomic E-state index is 13.0. The van der Waals surface area contributed by atoms with E-state index in [0.717, 1.165) is 19.3 Å². The Morgan fingerprint density at radius 2 is 2.12 bits per heavy atom. The number of nitrogens with zero attached hydrogens (tertiary/aromatic N) is 1. The van der Waals surface area contributed by atoms with Crippen LogP contribution in [0.1, 0.15) is 44.9 Å². The van der Waals surface area contributed by atoms with Crippen LogP contribution in [0.15, 0.2) is 24.3 Å². The van der Waals surface area contributed by atoms with E-state index in [0.29, 0.717) is 38.2 Å². The number of piperidine rings is 1. The van der Waals surface area contributed by atoms with Gasteiger partial charge in [0, 0.05) is 31.5 Å². The molecule has 1 fully saturated rings. The SMILES string of the molecule is O=C(O)CCC1CCCCN1C(=O)CCCOc1cccc(F)c1. The van der Waals surface area contributed by atoms with Crippen LogP contribution in [0, 0.1) is 5.82 Å². The van der Waals surface area contributed by atoms with Gasteiger partial charge in [-0.3, -0.25) is 9.59 Å². The molecule has 1 aromatic carbocycles. The van der Waals surface area contributed by atoms with Crippen LogP contribution >= 0.6 is 0 Å². The largest absolute Gasteiger partial charge is 0.493 e. The Balaban J connectivity index is 1.74. The highest BCUT2D eigenvalue weighted by Crippen LogP contribution is 2.22. The third-order valence-corrected chi connectivity index (χ3v) is 4.24. The molecule has 1 aromatic rings. The molecule has 24 heavy (non-hydrogen) atoms. The number of carboxylic acids is 1. The van der Waals surface area contributed by atoms with Gasteiger partial charge in [0.25, 0.3) is 0 Å². The minimum Gasteiger partial charge on any atom is -0.493 e. The topological polar surface area (TPSA) is 66.8 Å². The molecule has 1 atom stereocenters. The molecule has 1 unspecified atom stereocenters. The first-order valence-corrected chi connectivity index (χ1v) is 8.46. The van der Waals surface area contributed by atoms with Crippen molar-refractivity contribution in [2.45, 2.75) is 51.0 Å². The van der Waals surface area contributed by atoms with Crippen molar-refractivity contribution in [3.8, 4) is 5.75 Å². The highest BCUT2D eigenvalue weighted by molar-refractivity contribution is 5.76. The van der Waals surface area contributed by atoms with E-state index in [4.69, 9.17) is 9.84 Å². The second-order valence-electron chi connectivity index (χ2n) is 6.08. The van der Waals surface area contributed by atoms with Crippen LogP contribution in [-0.2, 0) is 9.59 Å². The van der Waals surface area contributed by atoms with E-state index in [1.54, 1.807) is 12.1 Å². The predicted octanol–water partition coefficient (Wildman–Crippen LogP) is 3.23. The first-order chi connectivity index (χ1) is 11.6. The molecule has 1 saturated heterocycles. The summed E-state index contributed by atoms with van der Waals surface area (Å²) in [6.07, 6.45) is 4.40. The summed E-state index contributed by atoms with van der Waals surface area (Å²) in [7, 11) is 0. The Morgan fingerprint density at radius 1 is 1.29 bits per heavy atom. The zero-order valence-corrected chi connectivity index (χ0v) is 13.7. The van der Waals surface area contributed by atoms with Crippen LogP contribution in [-0.4, -0.2) is 41.1 Å². The smallest absolute Gasteiger partial charge is 0.303 e. The summed E-state index contributed by atoms with van der Waals surface area (Å²) >= 11 is 0. The number of ether oxygens (including phenoxy) is 1. The quantitative estimate of drug-likeness (QED) is 0.740. The van der Waals surface area contributed by atoms with Gasteiger partial charge in [-0.2, -0.15) is 0 Å². The maximum Gasteiger partial charge on any atom is 0.303 e. The number of hydrogen-bond acceptors (Lipinski definition) is 3. The number of rotatable bonds is 8. The van der Waals surface area contributed by atoms with Crippen LogP contribution in [0.25, 0.3) is 0 Å². The van der Waals surface area contributed by atoms with Gasteiger partial charge in [0.2, 0.25) is 5.91 Å². The molecule has 1 aliphatic rings. The van der Waals surface area contributed by atoms with E-state index in [9.17, 15) is 14.0 Å². The second-order valence-corrected chi connectivity index (χ2v) is 6.08. The summed E-state index contributed by atoms with van der Waals surface area (Å²) in [4.78, 5) is 25.0. The first kappa shape index (κ1) is 18.2. The molecule has 132 valence electrons. The summed E-state index contributed by atoms with van der Waals surface area (Å²) in [5, 5.41) is 8.82. The second kappa shape index (κ2) is 9.25. The van der Waals surface area contributed by atoms with Crippen molar-refractivity contribution in [1.82, 2.24) is 4.90 Å². The van der Waals surface area contributed by atoms with Crippen molar-refractivity contribution in [2.24, 2.45) is 0 Å². The van der Waals surface area contributed by atoms with Gasteiger partial charge in [0.1, 0.15) is 11.6 Å². The minimum absolute atomic E-state index is 0.0338. The van der Waals surface area contributed by atoms with Crippen molar-refractivity contribution >= 4 is 11.9 Å². The molecule has 0 bridgehead atoms. The maximum atomic E-state index is 13.0. The monoisotopic (exact) mass is 337 g/mol. The molecule has 0 saturated carbocycles. The number of carbonyl (C=O) groups excluding carboxylic acids is 1. The number of likely N-dealkylation sites (tertiary alicyclic amines) is 1. The number of carbonyl (C=O) groups is 2. The molecule has 0 radical (unpaired) electrons. The fourth-order valence-electron chi connectivity index (χ4n) is 3.03. The molecule has 1 amide bonds. The number of amides is 1. The van der Waals surface area contributed by atoms with Gasteiger partial charge in [0.15, 0.2) is 0 Å². The van der Waals surface area contributed by atoms with Gasteiger partial charge in [-0.05, 0) is 44.2 Å². The highest BCUT2D eigenvalue weighted by Gasteiger charge is 2.26. The van der Waals surface area contributed by atoms with Crippen LogP contribution in [0.5, 0.6) is 5.75 Å². The van der Waals surface area contributed by atoms with E-state index in [2.05, 4.69) is 0 Å². The number of benzene rings is 1. The van der Waals surface area contributed by atoms with Crippen LogP contribution in [0.4, 0.5) is 4.39 Å². The molecule has 0 aliphatic carbocycles. The standard InChI is InChI=1S/C18H24FNO4/c19-14-5-3-7-16(13-14)24-12-4-8-17(21)20-11-2-1-6-15(20)9-10-18(22)23/h3,5,7,13,15H,1-2,4,6,8-12H2,(H,22,23). The summed E-state index contributed by atoms with van der Waals surface area (Å²) < 4.78 is 18.5. The molecule has 6 heteroatoms. The van der Waals surface area contributed by atoms with Crippen molar-refractivity contribution in [3.63, 3.8) is 0 Å². The van der Waals surface area contributed by atoms with Gasteiger partial charge in [0.05, 0.1) is 6.61 Å². The lowest BCUT2D eigenvalue weighted by Gasteiger charge is -2.35. The van der Waals surface area contributed by atoms with E-state index in [1.165, 1.54) is 12.1 Å². The highest BCUT2D eigenvalue weighted by atomic mass is 19.1. The fraction of sp³-hybridized carbons (Fsp3) is 0.556. The van der Waals surface area contributed by atoms with Crippen LogP contribution in [0.3, 0.4) is 0 Å². The molecule has 5 nitrogen and oxygen atoms in total. The van der Waals surface area contributed by atoms with Gasteiger partial charge in [-0.15, -0.1) is 0 Å². The Hall–Kier alpha value is -2.11. The Bertz CT molecular complexity index is 564. The number of aliphatic carboxylic acids is 1. The minimum atomic E-state index is -0.823. The third kappa shape index (κ3) is 5.83. The van der Waals surface area contributed by atoms with Crippen molar-refractivity contribution < 1.29 is 23.8 Å². The van der Waals surface area contributed by atoms with Gasteiger partial charge >= 0.3 is 5.97 Å². The molecule has 1 aliphatic heterocycles. The molecule has 0 aromatic heterocycles. The lowest BCUT2D eigenvalue weighted by atomic mass is 9.97. The Kier molecular flexibility index (Phi) is 7.03. The van der Waals surface area contributed by atoms with Gasteiger partial charge in [-0.1, -0.05) is 6.07 Å². The lowest BCUT2D eigenvalue weighted by molar-refractivity contribution is -0.140. The van der Waals surface area contributed by atoms with Gasteiger partial charge in [-0.25, -0.2) is 4.39 Å². The molecular weight excluding hydrogens is 313 g/mol. The van der Waals surface area contributed by atoms with Crippen molar-refractivity contribution in [1.29, 1.82) is 0 Å². The number of hydrogen-bond donors (Lipinski definition) is 1. The summed E-state index contributed by atoms with van der Waals surface area (Å²) in [5.41, 5.74) is 0. The van der Waals surface area contributed by atoms with E-state index < -0.39 is 5.97 Å². The number of carboxylic acid groups (broad SMARTS) is 1. The Morgan fingerprint density at radius 3 is 2.88 bits per heavy atom. The average Bonchev–Trinajstić information content (AvgIpc) is 2.57. The average molecular weight is 337 g/mol. The molecule has 0 spiro atoms. The summed E-state index contributed by atoms with van der Waals surface area (Å²) in [6, 6.07) is 5.96. The van der Waals surface area contributed by atoms with Crippen molar-refractivity contribution in [2.75, 3.05) is 13.2 Å². The normalized spacial score (nSPS) is 17.5. The van der Waals surface area contributed by atoms with Crippen LogP contribution in [0.2, 0.25) is 0 Å². The van der Waals surface area contributed by atoms with E-state index >= 15 is 0 Å². The van der Waals surface area contributed by atoms with E-state index in [1.807, 2.05) is 4.90 Å². The van der Waals surface area contributed by atoms with Crippen molar-refractivity contribution in [3.05, 3.63) is 30.1 Å². The summed E-state index contributed by atoms with van der Waals surface area (Å²) in [5.74, 6) is -0.665. The molecule has 2 rings (SSSR count). The number of halogens is 1. The third-order valence-electron chi connectivity index (χ3n) is 4.24. The van der Waals surface area contributed by atoms with E-state index in [-0.39, 0.29) is 24.2 Å². The fourth-order valence-corrected chi connectivity index (χ4v) is 3.03. The zero-order valence-electron chi connectivity index (χ0n) is 13.7.